The van der Waals surface area contributed by atoms with Crippen LogP contribution < -0.4 is 5.32 Å². The third-order valence-electron chi connectivity index (χ3n) is 2.86. The molecule has 1 N–H and O–H groups in total. The Labute approximate surface area is 105 Å². The van der Waals surface area contributed by atoms with Gasteiger partial charge in [0.05, 0.1) is 32.0 Å². The fraction of sp³-hybridized carbons (Fsp3) is 1.00. The number of nitrogens with one attached hydrogen (secondary N) is 1. The maximum atomic E-state index is 5.90. The first-order valence-corrected chi connectivity index (χ1v) is 6.65. The average molecular weight is 245 g/mol. The van der Waals surface area contributed by atoms with Gasteiger partial charge >= 0.3 is 0 Å². The van der Waals surface area contributed by atoms with Crippen molar-refractivity contribution in [2.45, 2.75) is 38.9 Å². The van der Waals surface area contributed by atoms with Crippen LogP contribution in [0.2, 0.25) is 0 Å². The highest BCUT2D eigenvalue weighted by atomic mass is 16.6. The SMILES string of the molecule is COCCOCC1CCC(CNCC(C)C)O1. The summed E-state index contributed by atoms with van der Waals surface area (Å²) in [6.07, 6.45) is 2.90. The Morgan fingerprint density at radius 1 is 1.24 bits per heavy atom. The van der Waals surface area contributed by atoms with Crippen LogP contribution in [-0.4, -0.2) is 52.2 Å². The van der Waals surface area contributed by atoms with E-state index >= 15 is 0 Å². The number of hydrogen-bond acceptors (Lipinski definition) is 4. The summed E-state index contributed by atoms with van der Waals surface area (Å²) in [6.45, 7) is 8.48. The van der Waals surface area contributed by atoms with Gasteiger partial charge in [0.25, 0.3) is 0 Å². The molecule has 0 aromatic heterocycles. The van der Waals surface area contributed by atoms with Gasteiger partial charge in [-0.25, -0.2) is 0 Å². The zero-order chi connectivity index (χ0) is 12.5. The van der Waals surface area contributed by atoms with E-state index in [4.69, 9.17) is 14.2 Å². The number of hydrogen-bond donors (Lipinski definition) is 1. The van der Waals surface area contributed by atoms with Crippen molar-refractivity contribution < 1.29 is 14.2 Å². The van der Waals surface area contributed by atoms with Crippen molar-refractivity contribution in [2.24, 2.45) is 5.92 Å². The molecule has 1 rings (SSSR count). The van der Waals surface area contributed by atoms with Gasteiger partial charge in [0.15, 0.2) is 0 Å². The van der Waals surface area contributed by atoms with Crippen LogP contribution in [0.25, 0.3) is 0 Å². The van der Waals surface area contributed by atoms with Gasteiger partial charge in [-0.2, -0.15) is 0 Å². The molecule has 1 fully saturated rings. The molecule has 2 atom stereocenters. The van der Waals surface area contributed by atoms with Crippen LogP contribution in [-0.2, 0) is 14.2 Å². The van der Waals surface area contributed by atoms with Crippen molar-refractivity contribution in [3.63, 3.8) is 0 Å². The molecular weight excluding hydrogens is 218 g/mol. The Morgan fingerprint density at radius 2 is 2.00 bits per heavy atom. The minimum absolute atomic E-state index is 0.276. The van der Waals surface area contributed by atoms with E-state index in [1.807, 2.05) is 0 Å². The third kappa shape index (κ3) is 6.99. The van der Waals surface area contributed by atoms with Crippen LogP contribution in [0.5, 0.6) is 0 Å². The molecule has 1 aliphatic rings. The van der Waals surface area contributed by atoms with Crippen LogP contribution in [0.1, 0.15) is 26.7 Å². The fourth-order valence-corrected chi connectivity index (χ4v) is 1.94. The standard InChI is InChI=1S/C13H27NO3/c1-11(2)8-14-9-12-4-5-13(17-12)10-16-7-6-15-3/h11-14H,4-10H2,1-3H3. The van der Waals surface area contributed by atoms with E-state index in [1.54, 1.807) is 7.11 Å². The van der Waals surface area contributed by atoms with E-state index in [1.165, 1.54) is 0 Å². The topological polar surface area (TPSA) is 39.7 Å². The van der Waals surface area contributed by atoms with Gasteiger partial charge < -0.3 is 19.5 Å². The summed E-state index contributed by atoms with van der Waals surface area (Å²) >= 11 is 0. The lowest BCUT2D eigenvalue weighted by Crippen LogP contribution is -2.30. The molecule has 0 aromatic carbocycles. The molecule has 0 saturated carbocycles. The van der Waals surface area contributed by atoms with Crippen molar-refractivity contribution in [3.05, 3.63) is 0 Å². The second-order valence-corrected chi connectivity index (χ2v) is 5.08. The highest BCUT2D eigenvalue weighted by molar-refractivity contribution is 4.75. The van der Waals surface area contributed by atoms with Gasteiger partial charge in [0, 0.05) is 13.7 Å². The van der Waals surface area contributed by atoms with E-state index < -0.39 is 0 Å². The monoisotopic (exact) mass is 245 g/mol. The summed E-state index contributed by atoms with van der Waals surface area (Å²) in [5, 5.41) is 3.44. The zero-order valence-corrected chi connectivity index (χ0v) is 11.4. The van der Waals surface area contributed by atoms with E-state index in [-0.39, 0.29) is 6.10 Å². The summed E-state index contributed by atoms with van der Waals surface area (Å²) < 4.78 is 16.3. The van der Waals surface area contributed by atoms with Crippen molar-refractivity contribution in [3.8, 4) is 0 Å². The molecule has 0 bridgehead atoms. The van der Waals surface area contributed by atoms with Gasteiger partial charge in [-0.1, -0.05) is 13.8 Å². The van der Waals surface area contributed by atoms with Crippen LogP contribution >= 0.6 is 0 Å². The Hall–Kier alpha value is -0.160. The smallest absolute Gasteiger partial charge is 0.0813 e. The molecule has 0 aliphatic carbocycles. The molecule has 102 valence electrons. The van der Waals surface area contributed by atoms with Gasteiger partial charge in [-0.15, -0.1) is 0 Å². The quantitative estimate of drug-likeness (QED) is 0.624. The Balaban J connectivity index is 1.98. The van der Waals surface area contributed by atoms with E-state index in [0.717, 1.165) is 25.9 Å². The van der Waals surface area contributed by atoms with Gasteiger partial charge in [-0.3, -0.25) is 0 Å². The molecule has 1 heterocycles. The predicted octanol–water partition coefficient (Wildman–Crippen LogP) is 1.44. The number of rotatable bonds is 9. The lowest BCUT2D eigenvalue weighted by atomic mass is 10.2. The van der Waals surface area contributed by atoms with Gasteiger partial charge in [0.2, 0.25) is 0 Å². The molecule has 4 nitrogen and oxygen atoms in total. The molecule has 0 radical (unpaired) electrons. The van der Waals surface area contributed by atoms with E-state index in [9.17, 15) is 0 Å². The summed E-state index contributed by atoms with van der Waals surface area (Å²) in [5.41, 5.74) is 0. The molecule has 4 heteroatoms. The van der Waals surface area contributed by atoms with Crippen molar-refractivity contribution in [1.82, 2.24) is 5.32 Å². The lowest BCUT2D eigenvalue weighted by Gasteiger charge is -2.15. The van der Waals surface area contributed by atoms with Crippen LogP contribution in [0.15, 0.2) is 0 Å². The van der Waals surface area contributed by atoms with Crippen LogP contribution in [0.3, 0.4) is 0 Å². The highest BCUT2D eigenvalue weighted by Crippen LogP contribution is 2.19. The van der Waals surface area contributed by atoms with Gasteiger partial charge in [0.1, 0.15) is 0 Å². The number of ether oxygens (including phenoxy) is 3. The molecule has 0 amide bonds. The summed E-state index contributed by atoms with van der Waals surface area (Å²) in [5.74, 6) is 0.699. The minimum atomic E-state index is 0.276. The zero-order valence-electron chi connectivity index (χ0n) is 11.4. The average Bonchev–Trinajstić information content (AvgIpc) is 2.72. The number of methoxy groups -OCH3 is 1. The molecule has 1 aliphatic heterocycles. The first-order valence-electron chi connectivity index (χ1n) is 6.65. The van der Waals surface area contributed by atoms with Crippen molar-refractivity contribution in [1.29, 1.82) is 0 Å². The van der Waals surface area contributed by atoms with E-state index in [2.05, 4.69) is 19.2 Å². The molecule has 0 aromatic rings. The molecule has 17 heavy (non-hydrogen) atoms. The summed E-state index contributed by atoms with van der Waals surface area (Å²) in [4.78, 5) is 0. The predicted molar refractivity (Wildman–Crippen MR) is 68.3 cm³/mol. The van der Waals surface area contributed by atoms with Gasteiger partial charge in [-0.05, 0) is 25.3 Å². The summed E-state index contributed by atoms with van der Waals surface area (Å²) in [7, 11) is 1.69. The van der Waals surface area contributed by atoms with Crippen LogP contribution in [0, 0.1) is 5.92 Å². The molecule has 2 unspecified atom stereocenters. The van der Waals surface area contributed by atoms with Crippen molar-refractivity contribution in [2.75, 3.05) is 40.0 Å². The lowest BCUT2D eigenvalue weighted by molar-refractivity contribution is -0.0244. The highest BCUT2D eigenvalue weighted by Gasteiger charge is 2.24. The second kappa shape index (κ2) is 8.86. The molecule has 0 spiro atoms. The maximum absolute atomic E-state index is 5.90. The Morgan fingerprint density at radius 3 is 2.71 bits per heavy atom. The van der Waals surface area contributed by atoms with E-state index in [0.29, 0.717) is 31.8 Å². The maximum Gasteiger partial charge on any atom is 0.0813 e. The fourth-order valence-electron chi connectivity index (χ4n) is 1.94. The first kappa shape index (κ1) is 14.9. The first-order chi connectivity index (χ1) is 8.22. The Bertz CT molecular complexity index is 188. The molecule has 1 saturated heterocycles. The minimum Gasteiger partial charge on any atom is -0.382 e. The van der Waals surface area contributed by atoms with Crippen molar-refractivity contribution >= 4 is 0 Å². The Kier molecular flexibility index (Phi) is 7.77. The second-order valence-electron chi connectivity index (χ2n) is 5.08. The third-order valence-corrected chi connectivity index (χ3v) is 2.86. The largest absolute Gasteiger partial charge is 0.382 e. The molecular formula is C13H27NO3. The van der Waals surface area contributed by atoms with Crippen LogP contribution in [0.4, 0.5) is 0 Å². The normalized spacial score (nSPS) is 24.7. The summed E-state index contributed by atoms with van der Waals surface area (Å²) in [6, 6.07) is 0.